The number of thiocarbonyl (C=S) groups is 1. The molecular formula is C11H18N4O3S. The van der Waals surface area contributed by atoms with E-state index in [9.17, 15) is 14.4 Å². The Morgan fingerprint density at radius 2 is 1.79 bits per heavy atom. The van der Waals surface area contributed by atoms with Crippen LogP contribution in [0.15, 0.2) is 0 Å². The molecule has 0 bridgehead atoms. The van der Waals surface area contributed by atoms with Crippen LogP contribution in [0.5, 0.6) is 0 Å². The van der Waals surface area contributed by atoms with Gasteiger partial charge in [0.1, 0.15) is 0 Å². The van der Waals surface area contributed by atoms with Gasteiger partial charge in [-0.1, -0.05) is 12.2 Å². The fourth-order valence-electron chi connectivity index (χ4n) is 2.01. The van der Waals surface area contributed by atoms with E-state index in [2.05, 4.69) is 17.5 Å². The number of primary amides is 1. The van der Waals surface area contributed by atoms with Crippen LogP contribution >= 0.6 is 12.2 Å². The van der Waals surface area contributed by atoms with Gasteiger partial charge in [0.15, 0.2) is 0 Å². The second-order valence-corrected chi connectivity index (χ2v) is 5.08. The number of nitrogens with two attached hydrogens (primary N) is 2. The fraction of sp³-hybridized carbons (Fsp3) is 0.636. The first-order chi connectivity index (χ1) is 8.90. The molecule has 8 heteroatoms. The minimum Gasteiger partial charge on any atom is -0.392 e. The normalized spacial score (nSPS) is 15.9. The van der Waals surface area contributed by atoms with Gasteiger partial charge in [0.25, 0.3) is 0 Å². The number of rotatable bonds is 4. The van der Waals surface area contributed by atoms with Gasteiger partial charge in [-0.3, -0.25) is 14.4 Å². The van der Waals surface area contributed by atoms with Crippen molar-refractivity contribution in [1.82, 2.24) is 10.2 Å². The van der Waals surface area contributed by atoms with E-state index in [1.807, 2.05) is 0 Å². The minimum atomic E-state index is -0.707. The molecule has 1 aliphatic heterocycles. The van der Waals surface area contributed by atoms with E-state index >= 15 is 0 Å². The third-order valence-corrected chi connectivity index (χ3v) is 3.15. The lowest BCUT2D eigenvalue weighted by Gasteiger charge is -2.30. The first-order valence-corrected chi connectivity index (χ1v) is 6.44. The zero-order valence-electron chi connectivity index (χ0n) is 10.6. The molecule has 0 saturated carbocycles. The lowest BCUT2D eigenvalue weighted by molar-refractivity contribution is -0.146. The SMILES string of the molecule is NC(=O)CC1CCN(C(=O)C(=O)NCC(N)=S)CC1. The highest BCUT2D eigenvalue weighted by Gasteiger charge is 2.27. The first-order valence-electron chi connectivity index (χ1n) is 6.04. The number of amides is 3. The van der Waals surface area contributed by atoms with Crippen molar-refractivity contribution in [2.75, 3.05) is 19.6 Å². The van der Waals surface area contributed by atoms with Crippen LogP contribution in [-0.4, -0.2) is 47.2 Å². The van der Waals surface area contributed by atoms with Gasteiger partial charge in [-0.2, -0.15) is 0 Å². The topological polar surface area (TPSA) is 119 Å². The predicted molar refractivity (Wildman–Crippen MR) is 72.9 cm³/mol. The first kappa shape index (κ1) is 15.4. The molecule has 0 spiro atoms. The number of piperidine rings is 1. The minimum absolute atomic E-state index is 0.0120. The molecular weight excluding hydrogens is 268 g/mol. The second kappa shape index (κ2) is 7.03. The van der Waals surface area contributed by atoms with Gasteiger partial charge < -0.3 is 21.7 Å². The highest BCUT2D eigenvalue weighted by atomic mass is 32.1. The average Bonchev–Trinajstić information content (AvgIpc) is 2.35. The summed E-state index contributed by atoms with van der Waals surface area (Å²) in [6.07, 6.45) is 1.68. The Kier molecular flexibility index (Phi) is 5.68. The zero-order valence-corrected chi connectivity index (χ0v) is 11.4. The summed E-state index contributed by atoms with van der Waals surface area (Å²) in [6, 6.07) is 0. The van der Waals surface area contributed by atoms with Crippen LogP contribution in [0.4, 0.5) is 0 Å². The third kappa shape index (κ3) is 5.21. The molecule has 1 fully saturated rings. The van der Waals surface area contributed by atoms with Crippen molar-refractivity contribution in [1.29, 1.82) is 0 Å². The van der Waals surface area contributed by atoms with Gasteiger partial charge in [-0.05, 0) is 18.8 Å². The van der Waals surface area contributed by atoms with Crippen molar-refractivity contribution in [3.8, 4) is 0 Å². The Morgan fingerprint density at radius 1 is 1.21 bits per heavy atom. The van der Waals surface area contributed by atoms with E-state index in [0.717, 1.165) is 0 Å². The van der Waals surface area contributed by atoms with Crippen molar-refractivity contribution in [2.24, 2.45) is 17.4 Å². The van der Waals surface area contributed by atoms with Gasteiger partial charge in [-0.25, -0.2) is 0 Å². The van der Waals surface area contributed by atoms with Crippen LogP contribution in [-0.2, 0) is 14.4 Å². The monoisotopic (exact) mass is 286 g/mol. The number of nitrogens with zero attached hydrogens (tertiary/aromatic N) is 1. The second-order valence-electron chi connectivity index (χ2n) is 4.56. The molecule has 19 heavy (non-hydrogen) atoms. The van der Waals surface area contributed by atoms with E-state index in [-0.39, 0.29) is 23.4 Å². The van der Waals surface area contributed by atoms with E-state index in [4.69, 9.17) is 11.5 Å². The Hall–Kier alpha value is -1.70. The number of carbonyl (C=O) groups excluding carboxylic acids is 3. The number of hydrogen-bond acceptors (Lipinski definition) is 4. The quantitative estimate of drug-likeness (QED) is 0.429. The maximum atomic E-state index is 11.8. The van der Waals surface area contributed by atoms with Crippen molar-refractivity contribution in [3.05, 3.63) is 0 Å². The highest BCUT2D eigenvalue weighted by Crippen LogP contribution is 2.20. The fourth-order valence-corrected chi connectivity index (χ4v) is 2.08. The van der Waals surface area contributed by atoms with Gasteiger partial charge >= 0.3 is 11.8 Å². The summed E-state index contributed by atoms with van der Waals surface area (Å²) in [6.45, 7) is 0.923. The third-order valence-electron chi connectivity index (χ3n) is 3.01. The molecule has 3 amide bonds. The van der Waals surface area contributed by atoms with Crippen molar-refractivity contribution >= 4 is 34.9 Å². The number of carbonyl (C=O) groups is 3. The maximum absolute atomic E-state index is 11.8. The lowest BCUT2D eigenvalue weighted by Crippen LogP contribution is -2.48. The molecule has 0 aromatic rings. The number of hydrogen-bond donors (Lipinski definition) is 3. The van der Waals surface area contributed by atoms with Crippen LogP contribution in [0.1, 0.15) is 19.3 Å². The molecule has 0 atom stereocenters. The smallest absolute Gasteiger partial charge is 0.311 e. The summed E-state index contributed by atoms with van der Waals surface area (Å²) in [5.41, 5.74) is 10.4. The predicted octanol–water partition coefficient (Wildman–Crippen LogP) is -1.50. The molecule has 1 saturated heterocycles. The summed E-state index contributed by atoms with van der Waals surface area (Å²) in [5.74, 6) is -1.44. The van der Waals surface area contributed by atoms with E-state index in [0.29, 0.717) is 32.4 Å². The molecule has 106 valence electrons. The van der Waals surface area contributed by atoms with Crippen molar-refractivity contribution in [3.63, 3.8) is 0 Å². The van der Waals surface area contributed by atoms with Gasteiger partial charge in [0.05, 0.1) is 11.5 Å². The number of nitrogens with one attached hydrogen (secondary N) is 1. The van der Waals surface area contributed by atoms with Crippen LogP contribution in [0.2, 0.25) is 0 Å². The summed E-state index contributed by atoms with van der Waals surface area (Å²) in [4.78, 5) is 35.7. The Morgan fingerprint density at radius 3 is 2.26 bits per heavy atom. The Labute approximate surface area is 116 Å². The van der Waals surface area contributed by atoms with Crippen molar-refractivity contribution in [2.45, 2.75) is 19.3 Å². The summed E-state index contributed by atoms with van der Waals surface area (Å²) in [7, 11) is 0. The van der Waals surface area contributed by atoms with Gasteiger partial charge in [0.2, 0.25) is 5.91 Å². The number of likely N-dealkylation sites (tertiary alicyclic amines) is 1. The maximum Gasteiger partial charge on any atom is 0.311 e. The molecule has 1 heterocycles. The van der Waals surface area contributed by atoms with Crippen LogP contribution in [0, 0.1) is 5.92 Å². The average molecular weight is 286 g/mol. The molecule has 5 N–H and O–H groups in total. The van der Waals surface area contributed by atoms with E-state index in [1.165, 1.54) is 4.90 Å². The highest BCUT2D eigenvalue weighted by molar-refractivity contribution is 7.80. The summed E-state index contributed by atoms with van der Waals surface area (Å²) < 4.78 is 0. The molecule has 0 radical (unpaired) electrons. The lowest BCUT2D eigenvalue weighted by atomic mass is 9.93. The molecule has 0 unspecified atom stereocenters. The van der Waals surface area contributed by atoms with Crippen LogP contribution in [0.25, 0.3) is 0 Å². The van der Waals surface area contributed by atoms with E-state index < -0.39 is 11.8 Å². The zero-order chi connectivity index (χ0) is 14.4. The van der Waals surface area contributed by atoms with Gasteiger partial charge in [-0.15, -0.1) is 0 Å². The van der Waals surface area contributed by atoms with Crippen LogP contribution in [0.3, 0.4) is 0 Å². The van der Waals surface area contributed by atoms with E-state index in [1.54, 1.807) is 0 Å². The molecule has 7 nitrogen and oxygen atoms in total. The Balaban J connectivity index is 2.38. The molecule has 0 aromatic carbocycles. The molecule has 0 aromatic heterocycles. The standard InChI is InChI=1S/C11H18N4O3S/c12-8(16)5-7-1-3-15(4-2-7)11(18)10(17)14-6-9(13)19/h7H,1-6H2,(H2,12,16)(H2,13,19)(H,14,17). The van der Waals surface area contributed by atoms with Gasteiger partial charge in [0, 0.05) is 19.5 Å². The molecule has 1 aliphatic rings. The molecule has 0 aliphatic carbocycles. The van der Waals surface area contributed by atoms with Crippen molar-refractivity contribution < 1.29 is 14.4 Å². The van der Waals surface area contributed by atoms with Crippen LogP contribution < -0.4 is 16.8 Å². The molecule has 1 rings (SSSR count). The summed E-state index contributed by atoms with van der Waals surface area (Å²) in [5, 5.41) is 2.35. The largest absolute Gasteiger partial charge is 0.392 e. The summed E-state index contributed by atoms with van der Waals surface area (Å²) >= 11 is 4.61. The Bertz CT molecular complexity index is 391.